The molecule has 0 fully saturated rings. The topological polar surface area (TPSA) is 53.1 Å². The zero-order valence-electron chi connectivity index (χ0n) is 10.8. The molecule has 0 spiro atoms. The summed E-state index contributed by atoms with van der Waals surface area (Å²) in [6.45, 7) is 4.25. The standard InChI is InChI=1S/C13H17BrFN3O/c1-2-5-19-6-3-4-18-12-7-9(14)10(15)8-11(12)17-13(18)16/h7-8H,2-6H2,1H3,(H2,16,17). The SMILES string of the molecule is CCCOCCCn1c(N)nc2cc(F)c(Br)cc21. The van der Waals surface area contributed by atoms with Gasteiger partial charge in [0.25, 0.3) is 0 Å². The van der Waals surface area contributed by atoms with Crippen LogP contribution in [0, 0.1) is 5.82 Å². The summed E-state index contributed by atoms with van der Waals surface area (Å²) in [4.78, 5) is 4.17. The van der Waals surface area contributed by atoms with Crippen LogP contribution in [0.3, 0.4) is 0 Å². The van der Waals surface area contributed by atoms with Crippen molar-refractivity contribution in [3.05, 3.63) is 22.4 Å². The molecule has 0 atom stereocenters. The number of rotatable bonds is 6. The number of hydrogen-bond donors (Lipinski definition) is 1. The number of nitrogens with two attached hydrogens (primary N) is 1. The van der Waals surface area contributed by atoms with Gasteiger partial charge >= 0.3 is 0 Å². The lowest BCUT2D eigenvalue weighted by atomic mass is 10.3. The van der Waals surface area contributed by atoms with Crippen molar-refractivity contribution in [2.75, 3.05) is 18.9 Å². The molecule has 0 radical (unpaired) electrons. The molecule has 1 aromatic carbocycles. The molecule has 0 aliphatic rings. The van der Waals surface area contributed by atoms with Crippen LogP contribution in [-0.4, -0.2) is 22.8 Å². The van der Waals surface area contributed by atoms with Gasteiger partial charge in [0.2, 0.25) is 5.95 Å². The Labute approximate surface area is 119 Å². The van der Waals surface area contributed by atoms with Gasteiger partial charge in [-0.1, -0.05) is 6.92 Å². The third kappa shape index (κ3) is 3.25. The number of fused-ring (bicyclic) bond motifs is 1. The van der Waals surface area contributed by atoms with E-state index in [0.29, 0.717) is 29.1 Å². The van der Waals surface area contributed by atoms with Crippen LogP contribution in [0.25, 0.3) is 11.0 Å². The summed E-state index contributed by atoms with van der Waals surface area (Å²) >= 11 is 3.18. The van der Waals surface area contributed by atoms with E-state index in [0.717, 1.165) is 25.0 Å². The highest BCUT2D eigenvalue weighted by Crippen LogP contribution is 2.25. The second-order valence-electron chi connectivity index (χ2n) is 4.34. The van der Waals surface area contributed by atoms with Gasteiger partial charge in [0, 0.05) is 25.8 Å². The molecule has 2 N–H and O–H groups in total. The van der Waals surface area contributed by atoms with E-state index in [1.807, 2.05) is 4.57 Å². The number of anilines is 1. The fourth-order valence-electron chi connectivity index (χ4n) is 1.94. The second-order valence-corrected chi connectivity index (χ2v) is 5.20. The van der Waals surface area contributed by atoms with Gasteiger partial charge in [-0.15, -0.1) is 0 Å². The minimum Gasteiger partial charge on any atom is -0.381 e. The Balaban J connectivity index is 2.13. The van der Waals surface area contributed by atoms with E-state index < -0.39 is 0 Å². The van der Waals surface area contributed by atoms with E-state index in [1.165, 1.54) is 6.07 Å². The molecule has 19 heavy (non-hydrogen) atoms. The van der Waals surface area contributed by atoms with E-state index in [4.69, 9.17) is 10.5 Å². The average Bonchev–Trinajstić information content (AvgIpc) is 2.66. The number of halogens is 2. The Morgan fingerprint density at radius 3 is 2.95 bits per heavy atom. The first-order valence-corrected chi connectivity index (χ1v) is 7.11. The highest BCUT2D eigenvalue weighted by atomic mass is 79.9. The lowest BCUT2D eigenvalue weighted by Crippen LogP contribution is -2.06. The first-order chi connectivity index (χ1) is 9.13. The predicted molar refractivity (Wildman–Crippen MR) is 77.5 cm³/mol. The molecule has 2 aromatic rings. The molecule has 0 aliphatic heterocycles. The molecular weight excluding hydrogens is 313 g/mol. The molecule has 104 valence electrons. The summed E-state index contributed by atoms with van der Waals surface area (Å²) in [5, 5.41) is 0. The third-order valence-electron chi connectivity index (χ3n) is 2.84. The van der Waals surface area contributed by atoms with Crippen molar-refractivity contribution in [1.82, 2.24) is 9.55 Å². The summed E-state index contributed by atoms with van der Waals surface area (Å²) in [6.07, 6.45) is 1.87. The number of aryl methyl sites for hydroxylation is 1. The van der Waals surface area contributed by atoms with Crippen molar-refractivity contribution < 1.29 is 9.13 Å². The van der Waals surface area contributed by atoms with Crippen molar-refractivity contribution in [2.45, 2.75) is 26.3 Å². The van der Waals surface area contributed by atoms with Crippen LogP contribution < -0.4 is 5.73 Å². The normalized spacial score (nSPS) is 11.3. The van der Waals surface area contributed by atoms with Crippen LogP contribution in [0.15, 0.2) is 16.6 Å². The smallest absolute Gasteiger partial charge is 0.201 e. The van der Waals surface area contributed by atoms with E-state index in [2.05, 4.69) is 27.8 Å². The van der Waals surface area contributed by atoms with E-state index in [9.17, 15) is 4.39 Å². The highest BCUT2D eigenvalue weighted by Gasteiger charge is 2.11. The number of benzene rings is 1. The first kappa shape index (κ1) is 14.3. The maximum atomic E-state index is 13.4. The lowest BCUT2D eigenvalue weighted by Gasteiger charge is -2.07. The Bertz CT molecular complexity index is 571. The molecule has 6 heteroatoms. The van der Waals surface area contributed by atoms with Crippen LogP contribution in [0.5, 0.6) is 0 Å². The van der Waals surface area contributed by atoms with Crippen LogP contribution in [-0.2, 0) is 11.3 Å². The number of imidazole rings is 1. The largest absolute Gasteiger partial charge is 0.381 e. The molecule has 0 amide bonds. The number of hydrogen-bond acceptors (Lipinski definition) is 3. The van der Waals surface area contributed by atoms with Crippen molar-refractivity contribution in [1.29, 1.82) is 0 Å². The molecule has 0 aliphatic carbocycles. The predicted octanol–water partition coefficient (Wildman–Crippen LogP) is 3.34. The number of nitrogens with zero attached hydrogens (tertiary/aromatic N) is 2. The van der Waals surface area contributed by atoms with E-state index >= 15 is 0 Å². The second kappa shape index (κ2) is 6.34. The monoisotopic (exact) mass is 329 g/mol. The Kier molecular flexibility index (Phi) is 4.76. The lowest BCUT2D eigenvalue weighted by molar-refractivity contribution is 0.129. The zero-order chi connectivity index (χ0) is 13.8. The van der Waals surface area contributed by atoms with Gasteiger partial charge in [0.1, 0.15) is 5.82 Å². The van der Waals surface area contributed by atoms with Gasteiger partial charge in [-0.05, 0) is 34.8 Å². The summed E-state index contributed by atoms with van der Waals surface area (Å²) in [5.74, 6) is 0.0754. The van der Waals surface area contributed by atoms with Crippen molar-refractivity contribution >= 4 is 32.9 Å². The Morgan fingerprint density at radius 2 is 2.21 bits per heavy atom. The van der Waals surface area contributed by atoms with Gasteiger partial charge in [0.05, 0.1) is 15.5 Å². The maximum Gasteiger partial charge on any atom is 0.201 e. The van der Waals surface area contributed by atoms with Crippen LogP contribution in [0.1, 0.15) is 19.8 Å². The number of nitrogen functional groups attached to an aromatic ring is 1. The molecule has 1 heterocycles. The third-order valence-corrected chi connectivity index (χ3v) is 3.45. The molecule has 2 rings (SSSR count). The Morgan fingerprint density at radius 1 is 1.42 bits per heavy atom. The summed E-state index contributed by atoms with van der Waals surface area (Å²) in [6, 6.07) is 3.10. The van der Waals surface area contributed by atoms with Crippen molar-refractivity contribution in [3.8, 4) is 0 Å². The molecule has 0 saturated carbocycles. The van der Waals surface area contributed by atoms with Gasteiger partial charge in [0.15, 0.2) is 0 Å². The minimum atomic E-state index is -0.330. The first-order valence-electron chi connectivity index (χ1n) is 6.32. The maximum absolute atomic E-state index is 13.4. The quantitative estimate of drug-likeness (QED) is 0.827. The average molecular weight is 330 g/mol. The van der Waals surface area contributed by atoms with Crippen molar-refractivity contribution in [3.63, 3.8) is 0 Å². The Hall–Kier alpha value is -1.14. The molecule has 0 bridgehead atoms. The number of ether oxygens (including phenoxy) is 1. The summed E-state index contributed by atoms with van der Waals surface area (Å²) < 4.78 is 21.2. The molecule has 0 saturated heterocycles. The van der Waals surface area contributed by atoms with Gasteiger partial charge in [-0.25, -0.2) is 9.37 Å². The molecular formula is C13H17BrFN3O. The fourth-order valence-corrected chi connectivity index (χ4v) is 2.28. The van der Waals surface area contributed by atoms with Gasteiger partial charge in [-0.3, -0.25) is 0 Å². The molecule has 0 unspecified atom stereocenters. The molecule has 1 aromatic heterocycles. The summed E-state index contributed by atoms with van der Waals surface area (Å²) in [7, 11) is 0. The van der Waals surface area contributed by atoms with Gasteiger partial charge < -0.3 is 15.0 Å². The zero-order valence-corrected chi connectivity index (χ0v) is 12.4. The molecule has 4 nitrogen and oxygen atoms in total. The van der Waals surface area contributed by atoms with E-state index in [-0.39, 0.29) is 5.82 Å². The fraction of sp³-hybridized carbons (Fsp3) is 0.462. The van der Waals surface area contributed by atoms with Gasteiger partial charge in [-0.2, -0.15) is 0 Å². The highest BCUT2D eigenvalue weighted by molar-refractivity contribution is 9.10. The van der Waals surface area contributed by atoms with Crippen molar-refractivity contribution in [2.24, 2.45) is 0 Å². The van der Waals surface area contributed by atoms with Crippen LogP contribution in [0.4, 0.5) is 10.3 Å². The minimum absolute atomic E-state index is 0.330. The number of aromatic nitrogens is 2. The van der Waals surface area contributed by atoms with Crippen LogP contribution in [0.2, 0.25) is 0 Å². The van der Waals surface area contributed by atoms with E-state index in [1.54, 1.807) is 6.07 Å². The van der Waals surface area contributed by atoms with Crippen LogP contribution >= 0.6 is 15.9 Å². The summed E-state index contributed by atoms with van der Waals surface area (Å²) in [5.41, 5.74) is 7.28.